The van der Waals surface area contributed by atoms with Crippen molar-refractivity contribution in [3.63, 3.8) is 0 Å². The first kappa shape index (κ1) is 32.0. The van der Waals surface area contributed by atoms with Crippen molar-refractivity contribution in [3.8, 4) is 11.1 Å². The number of benzene rings is 3. The van der Waals surface area contributed by atoms with E-state index in [1.807, 2.05) is 30.3 Å². The molecule has 226 valence electrons. The summed E-state index contributed by atoms with van der Waals surface area (Å²) in [5.41, 5.74) is 4.43. The van der Waals surface area contributed by atoms with Crippen LogP contribution >= 0.6 is 0 Å². The normalized spacial score (nSPS) is 14.8. The smallest absolute Gasteiger partial charge is 0.481 e. The number of aryl methyl sites for hydroxylation is 1. The molecule has 0 radical (unpaired) electrons. The van der Waals surface area contributed by atoms with Gasteiger partial charge < -0.3 is 15.7 Å². The maximum absolute atomic E-state index is 13.5. The van der Waals surface area contributed by atoms with Crippen molar-refractivity contribution in [3.05, 3.63) is 90.0 Å². The fourth-order valence-corrected chi connectivity index (χ4v) is 6.12. The van der Waals surface area contributed by atoms with Crippen molar-refractivity contribution in [1.82, 2.24) is 10.6 Å². The maximum Gasteiger partial charge on any atom is 0.505 e. The number of carbonyl (C=O) groups is 3. The molecule has 1 aliphatic carbocycles. The van der Waals surface area contributed by atoms with Gasteiger partial charge in [-0.25, -0.2) is 0 Å². The van der Waals surface area contributed by atoms with Crippen molar-refractivity contribution in [2.45, 2.75) is 75.1 Å². The molecular weight excluding hydrogens is 560 g/mol. The Bertz CT molecular complexity index is 1340. The van der Waals surface area contributed by atoms with E-state index in [1.165, 1.54) is 0 Å². The second-order valence-corrected chi connectivity index (χ2v) is 12.0. The predicted molar refractivity (Wildman–Crippen MR) is 169 cm³/mol. The molecule has 0 aliphatic heterocycles. The van der Waals surface area contributed by atoms with Gasteiger partial charge in [0.25, 0.3) is 4.90 Å². The van der Waals surface area contributed by atoms with Gasteiger partial charge in [-0.15, -0.1) is 0 Å². The zero-order valence-corrected chi connectivity index (χ0v) is 25.3. The van der Waals surface area contributed by atoms with Crippen LogP contribution in [0.4, 0.5) is 0 Å². The van der Waals surface area contributed by atoms with Gasteiger partial charge in [0.2, 0.25) is 11.8 Å². The molecule has 3 aromatic carbocycles. The number of aliphatic carboxylic acids is 1. The van der Waals surface area contributed by atoms with E-state index in [-0.39, 0.29) is 24.2 Å². The quantitative estimate of drug-likeness (QED) is 0.186. The Balaban J connectivity index is 1.34. The Morgan fingerprint density at radius 3 is 2.07 bits per heavy atom. The summed E-state index contributed by atoms with van der Waals surface area (Å²) in [6, 6.07) is 25.1. The highest BCUT2D eigenvalue weighted by Crippen LogP contribution is 2.27. The first-order chi connectivity index (χ1) is 20.9. The summed E-state index contributed by atoms with van der Waals surface area (Å²) in [7, 11) is 0. The van der Waals surface area contributed by atoms with Gasteiger partial charge in [0.1, 0.15) is 6.04 Å². The van der Waals surface area contributed by atoms with E-state index in [9.17, 15) is 23.7 Å². The summed E-state index contributed by atoms with van der Waals surface area (Å²) in [6.45, 7) is 0.406. The number of nitrogens with one attached hydrogen (secondary N) is 2. The van der Waals surface area contributed by atoms with Crippen molar-refractivity contribution in [1.29, 1.82) is 0 Å². The highest BCUT2D eigenvalue weighted by molar-refractivity contribution is 7.65. The minimum Gasteiger partial charge on any atom is -0.481 e. The van der Waals surface area contributed by atoms with E-state index in [0.717, 1.165) is 60.8 Å². The lowest BCUT2D eigenvalue weighted by Crippen LogP contribution is -2.53. The molecule has 3 N–H and O–H groups in total. The molecule has 1 fully saturated rings. The molecule has 3 aromatic rings. The largest absolute Gasteiger partial charge is 0.505 e. The lowest BCUT2D eigenvalue weighted by atomic mass is 9.83. The summed E-state index contributed by atoms with van der Waals surface area (Å²) >= 11 is 0.444. The first-order valence-electron chi connectivity index (χ1n) is 15.3. The Morgan fingerprint density at radius 1 is 0.791 bits per heavy atom. The number of carboxylic acid groups (broad SMARTS) is 1. The Labute approximate surface area is 258 Å². The highest BCUT2D eigenvalue weighted by atomic mass is 32.1. The Kier molecular flexibility index (Phi) is 12.4. The van der Waals surface area contributed by atoms with Crippen LogP contribution in [0.15, 0.2) is 83.8 Å². The second kappa shape index (κ2) is 16.7. The fourth-order valence-electron chi connectivity index (χ4n) is 5.87. The number of hydrogen-bond acceptors (Lipinski definition) is 4. The van der Waals surface area contributed by atoms with Crippen LogP contribution in [0.5, 0.6) is 0 Å². The molecule has 0 saturated heterocycles. The molecule has 2 amide bonds. The molecule has 0 heterocycles. The number of amides is 2. The van der Waals surface area contributed by atoms with Crippen LogP contribution in [0.1, 0.15) is 62.5 Å². The van der Waals surface area contributed by atoms with E-state index in [4.69, 9.17) is 0 Å². The number of hydrogen-bond donors (Lipinski definition) is 3. The van der Waals surface area contributed by atoms with E-state index >= 15 is 0 Å². The monoisotopic (exact) mass is 601 g/mol. The second-order valence-electron chi connectivity index (χ2n) is 11.4. The zero-order chi connectivity index (χ0) is 30.4. The standard InChI is InChI=1S/C35H40N2O5S/c38-32(39)24-30(13-7-8-25-14-18-28(19-15-25)27-9-3-1-4-10-27)34(40)37-33(29-11-5-2-6-12-29)35(41)36-23-22-26-16-20-31(43-42)21-17-26/h1,3-4,9-10,14-21,29-30,33H,2,5-8,11-13,22-24H2,(H2-,36,37,38,39,40,41)/p+1. The summed E-state index contributed by atoms with van der Waals surface area (Å²) in [4.78, 5) is 39.1. The molecule has 2 unspecified atom stereocenters. The highest BCUT2D eigenvalue weighted by Gasteiger charge is 2.33. The Morgan fingerprint density at radius 2 is 1.42 bits per heavy atom. The number of carboxylic acids is 1. The minimum atomic E-state index is -1.02. The molecule has 7 nitrogen and oxygen atoms in total. The molecule has 1 aliphatic rings. The predicted octanol–water partition coefficient (Wildman–Crippen LogP) is 5.98. The van der Waals surface area contributed by atoms with Crippen LogP contribution in [0, 0.1) is 11.8 Å². The van der Waals surface area contributed by atoms with E-state index < -0.39 is 17.9 Å². The molecule has 0 bridgehead atoms. The average Bonchev–Trinajstić information content (AvgIpc) is 3.04. The van der Waals surface area contributed by atoms with Gasteiger partial charge in [0, 0.05) is 28.8 Å². The fraction of sp³-hybridized carbons (Fsp3) is 0.400. The van der Waals surface area contributed by atoms with Crippen LogP contribution in [0.2, 0.25) is 0 Å². The van der Waals surface area contributed by atoms with Gasteiger partial charge in [0.05, 0.1) is 6.42 Å². The van der Waals surface area contributed by atoms with Crippen LogP contribution in [0.25, 0.3) is 11.1 Å². The zero-order valence-electron chi connectivity index (χ0n) is 24.5. The van der Waals surface area contributed by atoms with Crippen LogP contribution < -0.4 is 10.6 Å². The van der Waals surface area contributed by atoms with Crippen molar-refractivity contribution >= 4 is 29.5 Å². The SMILES string of the molecule is O=[S+]c1ccc(CCNC(=O)C(NC(=O)C(CCCc2ccc(-c3ccccc3)cc2)CC(=O)O)C2CCCCC2)cc1. The topological polar surface area (TPSA) is 113 Å². The van der Waals surface area contributed by atoms with Gasteiger partial charge in [-0.2, -0.15) is 0 Å². The molecule has 4 rings (SSSR count). The van der Waals surface area contributed by atoms with Crippen LogP contribution in [0.3, 0.4) is 0 Å². The third-order valence-electron chi connectivity index (χ3n) is 8.30. The number of rotatable bonds is 15. The summed E-state index contributed by atoms with van der Waals surface area (Å²) in [5.74, 6) is -2.29. The summed E-state index contributed by atoms with van der Waals surface area (Å²) < 4.78 is 10.9. The molecule has 2 atom stereocenters. The molecule has 43 heavy (non-hydrogen) atoms. The van der Waals surface area contributed by atoms with Crippen molar-refractivity contribution < 1.29 is 23.7 Å². The molecular formula is C35H41N2O5S+. The summed E-state index contributed by atoms with van der Waals surface area (Å²) in [5, 5.41) is 15.5. The van der Waals surface area contributed by atoms with Gasteiger partial charge in [-0.3, -0.25) is 14.4 Å². The van der Waals surface area contributed by atoms with Crippen LogP contribution in [-0.4, -0.2) is 35.5 Å². The first-order valence-corrected chi connectivity index (χ1v) is 16.0. The van der Waals surface area contributed by atoms with E-state index in [1.54, 1.807) is 12.1 Å². The number of carbonyl (C=O) groups excluding carboxylic acids is 2. The van der Waals surface area contributed by atoms with E-state index in [0.29, 0.717) is 42.4 Å². The van der Waals surface area contributed by atoms with Gasteiger partial charge in [0.15, 0.2) is 0 Å². The van der Waals surface area contributed by atoms with Gasteiger partial charge >= 0.3 is 17.6 Å². The molecule has 8 heteroatoms. The lowest BCUT2D eigenvalue weighted by Gasteiger charge is -2.31. The van der Waals surface area contributed by atoms with Crippen molar-refractivity contribution in [2.24, 2.45) is 11.8 Å². The minimum absolute atomic E-state index is 0.0275. The third kappa shape index (κ3) is 10.1. The Hall–Kier alpha value is -3.91. The maximum atomic E-state index is 13.5. The molecule has 0 aromatic heterocycles. The third-order valence-corrected chi connectivity index (χ3v) is 8.77. The molecule has 0 spiro atoms. The van der Waals surface area contributed by atoms with Crippen LogP contribution in [-0.2, 0) is 43.1 Å². The van der Waals surface area contributed by atoms with Gasteiger partial charge in [-0.05, 0) is 66.7 Å². The lowest BCUT2D eigenvalue weighted by molar-refractivity contribution is -0.142. The van der Waals surface area contributed by atoms with Gasteiger partial charge in [-0.1, -0.05) is 86.0 Å². The van der Waals surface area contributed by atoms with E-state index in [2.05, 4.69) is 47.0 Å². The molecule has 1 saturated carbocycles. The van der Waals surface area contributed by atoms with Crippen molar-refractivity contribution in [2.75, 3.05) is 6.54 Å². The summed E-state index contributed by atoms with van der Waals surface area (Å²) in [6.07, 6.45) is 7.01. The average molecular weight is 602 g/mol.